The third-order valence-electron chi connectivity index (χ3n) is 3.76. The normalized spacial score (nSPS) is 27.9. The second-order valence-electron chi connectivity index (χ2n) is 4.47. The average Bonchev–Trinajstić information content (AvgIpc) is 2.46. The first-order valence-electron chi connectivity index (χ1n) is 6.42. The Balaban J connectivity index is 0.000000791. The van der Waals surface area contributed by atoms with Crippen molar-refractivity contribution in [1.82, 2.24) is 5.32 Å². The highest BCUT2D eigenvalue weighted by atomic mass is 14.9. The monoisotopic (exact) mass is 199 g/mol. The number of nitrogens with one attached hydrogen (secondary N) is 1. The molecular weight excluding hydrogens is 170 g/mol. The zero-order valence-electron chi connectivity index (χ0n) is 10.8. The van der Waals surface area contributed by atoms with Gasteiger partial charge in [-0.3, -0.25) is 0 Å². The number of rotatable bonds is 2. The lowest BCUT2D eigenvalue weighted by Gasteiger charge is -2.35. The van der Waals surface area contributed by atoms with Crippen molar-refractivity contribution in [3.63, 3.8) is 0 Å². The zero-order chi connectivity index (χ0) is 11.0. The fourth-order valence-corrected chi connectivity index (χ4v) is 2.49. The highest BCUT2D eigenvalue weighted by Crippen LogP contribution is 2.40. The Kier molecular flexibility index (Phi) is 7.26. The molecule has 1 fully saturated rings. The molecular formula is C13H29N. The van der Waals surface area contributed by atoms with E-state index in [0.29, 0.717) is 5.41 Å². The summed E-state index contributed by atoms with van der Waals surface area (Å²) in [4.78, 5) is 0. The molecule has 0 amide bonds. The van der Waals surface area contributed by atoms with Crippen molar-refractivity contribution in [3.05, 3.63) is 0 Å². The van der Waals surface area contributed by atoms with Crippen LogP contribution in [-0.4, -0.2) is 13.1 Å². The molecule has 1 N–H and O–H groups in total. The van der Waals surface area contributed by atoms with Gasteiger partial charge in [-0.05, 0) is 43.7 Å². The molecule has 14 heavy (non-hydrogen) atoms. The van der Waals surface area contributed by atoms with Gasteiger partial charge in [0.05, 0.1) is 0 Å². The van der Waals surface area contributed by atoms with Gasteiger partial charge in [0.2, 0.25) is 0 Å². The summed E-state index contributed by atoms with van der Waals surface area (Å²) < 4.78 is 0. The van der Waals surface area contributed by atoms with Crippen LogP contribution in [0.4, 0.5) is 0 Å². The zero-order valence-corrected chi connectivity index (χ0v) is 10.8. The molecule has 0 spiro atoms. The van der Waals surface area contributed by atoms with Gasteiger partial charge in [-0.1, -0.05) is 41.0 Å². The van der Waals surface area contributed by atoms with Crippen molar-refractivity contribution in [2.45, 2.75) is 60.3 Å². The minimum Gasteiger partial charge on any atom is -0.317 e. The maximum absolute atomic E-state index is 3.49. The Hall–Kier alpha value is -0.0400. The van der Waals surface area contributed by atoms with Crippen molar-refractivity contribution >= 4 is 0 Å². The fourth-order valence-electron chi connectivity index (χ4n) is 2.49. The van der Waals surface area contributed by atoms with Crippen LogP contribution in [0.5, 0.6) is 0 Å². The van der Waals surface area contributed by atoms with E-state index in [1.807, 2.05) is 13.8 Å². The van der Waals surface area contributed by atoms with Gasteiger partial charge < -0.3 is 5.32 Å². The van der Waals surface area contributed by atoms with E-state index in [4.69, 9.17) is 0 Å². The number of hydrogen-bond donors (Lipinski definition) is 1. The molecule has 1 rings (SSSR count). The maximum atomic E-state index is 3.49. The largest absolute Gasteiger partial charge is 0.317 e. The molecule has 0 aromatic carbocycles. The van der Waals surface area contributed by atoms with Crippen molar-refractivity contribution in [1.29, 1.82) is 0 Å². The predicted molar refractivity (Wildman–Crippen MR) is 65.6 cm³/mol. The second kappa shape index (κ2) is 7.28. The lowest BCUT2D eigenvalue weighted by Crippen LogP contribution is -2.27. The van der Waals surface area contributed by atoms with Gasteiger partial charge in [-0.15, -0.1) is 0 Å². The SMILES string of the molecule is CC.CCC1(C(C)C)CCCNCC1. The van der Waals surface area contributed by atoms with Crippen molar-refractivity contribution in [2.75, 3.05) is 13.1 Å². The first-order valence-corrected chi connectivity index (χ1v) is 6.42. The third-order valence-corrected chi connectivity index (χ3v) is 3.76. The van der Waals surface area contributed by atoms with Crippen molar-refractivity contribution in [3.8, 4) is 0 Å². The summed E-state index contributed by atoms with van der Waals surface area (Å²) in [6.45, 7) is 13.6. The Morgan fingerprint density at radius 1 is 1.14 bits per heavy atom. The summed E-state index contributed by atoms with van der Waals surface area (Å²) in [6, 6.07) is 0. The molecule has 1 nitrogen and oxygen atoms in total. The van der Waals surface area contributed by atoms with Crippen LogP contribution >= 0.6 is 0 Å². The molecule has 86 valence electrons. The molecule has 0 aliphatic carbocycles. The molecule has 0 radical (unpaired) electrons. The summed E-state index contributed by atoms with van der Waals surface area (Å²) in [5.41, 5.74) is 0.642. The van der Waals surface area contributed by atoms with Crippen LogP contribution < -0.4 is 5.32 Å². The molecule has 0 bridgehead atoms. The number of hydrogen-bond acceptors (Lipinski definition) is 1. The Labute approximate surface area is 90.7 Å². The lowest BCUT2D eigenvalue weighted by atomic mass is 9.70. The topological polar surface area (TPSA) is 12.0 Å². The van der Waals surface area contributed by atoms with Gasteiger partial charge in [0.1, 0.15) is 0 Å². The van der Waals surface area contributed by atoms with Crippen LogP contribution in [0.15, 0.2) is 0 Å². The van der Waals surface area contributed by atoms with Crippen molar-refractivity contribution < 1.29 is 0 Å². The summed E-state index contributed by atoms with van der Waals surface area (Å²) in [5, 5.41) is 3.49. The van der Waals surface area contributed by atoms with Crippen LogP contribution in [0.3, 0.4) is 0 Å². The molecule has 1 heterocycles. The van der Waals surface area contributed by atoms with Gasteiger partial charge in [-0.25, -0.2) is 0 Å². The van der Waals surface area contributed by atoms with Gasteiger partial charge >= 0.3 is 0 Å². The Morgan fingerprint density at radius 3 is 2.29 bits per heavy atom. The third kappa shape index (κ3) is 3.61. The van der Waals surface area contributed by atoms with Gasteiger partial charge in [0.15, 0.2) is 0 Å². The molecule has 1 unspecified atom stereocenters. The van der Waals surface area contributed by atoms with E-state index in [0.717, 1.165) is 5.92 Å². The predicted octanol–water partition coefficient (Wildman–Crippen LogP) is 3.84. The first kappa shape index (κ1) is 14.0. The molecule has 0 saturated carbocycles. The molecule has 1 atom stereocenters. The van der Waals surface area contributed by atoms with Crippen LogP contribution in [0.25, 0.3) is 0 Å². The molecule has 0 aromatic rings. The average molecular weight is 199 g/mol. The lowest BCUT2D eigenvalue weighted by molar-refractivity contribution is 0.155. The molecule has 0 aromatic heterocycles. The quantitative estimate of drug-likeness (QED) is 0.712. The van der Waals surface area contributed by atoms with E-state index in [9.17, 15) is 0 Å². The molecule has 1 saturated heterocycles. The highest BCUT2D eigenvalue weighted by molar-refractivity contribution is 4.84. The highest BCUT2D eigenvalue weighted by Gasteiger charge is 2.31. The van der Waals surface area contributed by atoms with Gasteiger partial charge in [-0.2, -0.15) is 0 Å². The standard InChI is InChI=1S/C11H23N.C2H6/c1-4-11(10(2)3)6-5-8-12-9-7-11;1-2/h10,12H,4-9H2,1-3H3;1-2H3. The van der Waals surface area contributed by atoms with E-state index < -0.39 is 0 Å². The van der Waals surface area contributed by atoms with Crippen LogP contribution in [0.2, 0.25) is 0 Å². The molecule has 1 heteroatoms. The molecule has 1 aliphatic heterocycles. The minimum atomic E-state index is 0.642. The van der Waals surface area contributed by atoms with E-state index in [2.05, 4.69) is 26.1 Å². The first-order chi connectivity index (χ1) is 6.71. The Morgan fingerprint density at radius 2 is 1.79 bits per heavy atom. The van der Waals surface area contributed by atoms with E-state index >= 15 is 0 Å². The van der Waals surface area contributed by atoms with Gasteiger partial charge in [0.25, 0.3) is 0 Å². The minimum absolute atomic E-state index is 0.642. The van der Waals surface area contributed by atoms with Crippen LogP contribution in [0.1, 0.15) is 60.3 Å². The smallest absolute Gasteiger partial charge is 0.00435 e. The Bertz CT molecular complexity index is 121. The van der Waals surface area contributed by atoms with E-state index in [1.165, 1.54) is 38.8 Å². The van der Waals surface area contributed by atoms with Crippen LogP contribution in [0, 0.1) is 11.3 Å². The van der Waals surface area contributed by atoms with Gasteiger partial charge in [0, 0.05) is 0 Å². The maximum Gasteiger partial charge on any atom is -0.00435 e. The molecule has 1 aliphatic rings. The van der Waals surface area contributed by atoms with E-state index in [-0.39, 0.29) is 0 Å². The van der Waals surface area contributed by atoms with Crippen molar-refractivity contribution in [2.24, 2.45) is 11.3 Å². The van der Waals surface area contributed by atoms with E-state index in [1.54, 1.807) is 0 Å². The summed E-state index contributed by atoms with van der Waals surface area (Å²) >= 11 is 0. The summed E-state index contributed by atoms with van der Waals surface area (Å²) in [5.74, 6) is 0.849. The van der Waals surface area contributed by atoms with Crippen LogP contribution in [-0.2, 0) is 0 Å². The second-order valence-corrected chi connectivity index (χ2v) is 4.47. The summed E-state index contributed by atoms with van der Waals surface area (Å²) in [6.07, 6.45) is 5.52. The fraction of sp³-hybridized carbons (Fsp3) is 1.00. The summed E-state index contributed by atoms with van der Waals surface area (Å²) in [7, 11) is 0.